The van der Waals surface area contributed by atoms with Crippen LogP contribution < -0.4 is 5.73 Å². The summed E-state index contributed by atoms with van der Waals surface area (Å²) in [6.45, 7) is 0. The van der Waals surface area contributed by atoms with Crippen molar-refractivity contribution in [2.24, 2.45) is 0 Å². The molecule has 1 aromatic rings. The van der Waals surface area contributed by atoms with E-state index in [1.54, 1.807) is 11.9 Å². The number of hydrogen-bond acceptors (Lipinski definition) is 4. The molecule has 2 rings (SSSR count). The zero-order chi connectivity index (χ0) is 17.0. The van der Waals surface area contributed by atoms with Gasteiger partial charge in [0, 0.05) is 31.5 Å². The van der Waals surface area contributed by atoms with Crippen molar-refractivity contribution in [3.8, 4) is 0 Å². The van der Waals surface area contributed by atoms with Gasteiger partial charge >= 0.3 is 0 Å². The van der Waals surface area contributed by atoms with E-state index in [9.17, 15) is 13.2 Å². The van der Waals surface area contributed by atoms with Crippen LogP contribution in [0.15, 0.2) is 24.3 Å². The highest BCUT2D eigenvalue weighted by atomic mass is 35.5. The van der Waals surface area contributed by atoms with Crippen LogP contribution in [0.2, 0.25) is 0 Å². The van der Waals surface area contributed by atoms with Gasteiger partial charge in [0.05, 0.1) is 5.25 Å². The Bertz CT molecular complexity index is 664. The maximum atomic E-state index is 12.5. The molecule has 1 amide bonds. The lowest BCUT2D eigenvalue weighted by atomic mass is 9.93. The number of nitrogens with two attached hydrogens (primary N) is 1. The molecule has 5 nitrogen and oxygen atoms in total. The molecule has 24 heavy (non-hydrogen) atoms. The number of anilines is 1. The number of aryl methyl sites for hydroxylation is 1. The highest BCUT2D eigenvalue weighted by molar-refractivity contribution is 7.91. The Kier molecular flexibility index (Phi) is 7.55. The molecule has 0 aliphatic heterocycles. The van der Waals surface area contributed by atoms with Crippen molar-refractivity contribution < 1.29 is 13.2 Å². The van der Waals surface area contributed by atoms with E-state index in [-0.39, 0.29) is 24.4 Å². The van der Waals surface area contributed by atoms with Crippen LogP contribution in [0, 0.1) is 0 Å². The summed E-state index contributed by atoms with van der Waals surface area (Å²) in [5, 5.41) is -0.438. The number of carbonyl (C=O) groups excluding carboxylic acids is 1. The van der Waals surface area contributed by atoms with Gasteiger partial charge in [0.15, 0.2) is 9.84 Å². The van der Waals surface area contributed by atoms with E-state index in [0.717, 1.165) is 24.8 Å². The number of carbonyl (C=O) groups is 1. The first-order valence-corrected chi connectivity index (χ1v) is 10.0. The summed E-state index contributed by atoms with van der Waals surface area (Å²) in [6.07, 6.45) is 5.49. The average Bonchev–Trinajstić information content (AvgIpc) is 2.52. The lowest BCUT2D eigenvalue weighted by Crippen LogP contribution is -2.49. The van der Waals surface area contributed by atoms with Gasteiger partial charge in [-0.25, -0.2) is 8.42 Å². The molecular weight excluding hydrogens is 348 g/mol. The Hall–Kier alpha value is -1.27. The van der Waals surface area contributed by atoms with E-state index in [2.05, 4.69) is 0 Å². The summed E-state index contributed by atoms with van der Waals surface area (Å²) >= 11 is 0. The van der Waals surface area contributed by atoms with Crippen LogP contribution in [-0.4, -0.2) is 43.8 Å². The number of rotatable bonds is 5. The van der Waals surface area contributed by atoms with Crippen LogP contribution in [0.4, 0.5) is 5.69 Å². The van der Waals surface area contributed by atoms with Crippen molar-refractivity contribution in [1.29, 1.82) is 0 Å². The number of amides is 1. The molecule has 0 spiro atoms. The first-order chi connectivity index (χ1) is 10.8. The number of halogens is 1. The molecule has 1 saturated carbocycles. The molecule has 0 heterocycles. The molecule has 2 unspecified atom stereocenters. The van der Waals surface area contributed by atoms with E-state index in [4.69, 9.17) is 5.73 Å². The van der Waals surface area contributed by atoms with E-state index in [0.29, 0.717) is 24.9 Å². The molecule has 2 N–H and O–H groups in total. The summed E-state index contributed by atoms with van der Waals surface area (Å²) in [4.78, 5) is 14.1. The van der Waals surface area contributed by atoms with Gasteiger partial charge in [0.25, 0.3) is 0 Å². The Morgan fingerprint density at radius 1 is 1.25 bits per heavy atom. The SMILES string of the molecule is CN(C(=O)CCc1ccccc1N)C1CCCCC1S(C)(=O)=O.Cl. The Balaban J connectivity index is 0.00000288. The zero-order valence-corrected chi connectivity index (χ0v) is 15.9. The van der Waals surface area contributed by atoms with Gasteiger partial charge < -0.3 is 10.6 Å². The van der Waals surface area contributed by atoms with E-state index in [1.807, 2.05) is 24.3 Å². The molecule has 1 aliphatic carbocycles. The fourth-order valence-electron chi connectivity index (χ4n) is 3.38. The third-order valence-electron chi connectivity index (χ3n) is 4.77. The van der Waals surface area contributed by atoms with Gasteiger partial charge in [-0.15, -0.1) is 12.4 Å². The second-order valence-electron chi connectivity index (χ2n) is 6.42. The number of benzene rings is 1. The molecule has 0 aromatic heterocycles. The van der Waals surface area contributed by atoms with Gasteiger partial charge in [0.1, 0.15) is 0 Å². The summed E-state index contributed by atoms with van der Waals surface area (Å²) < 4.78 is 24.0. The zero-order valence-electron chi connectivity index (χ0n) is 14.3. The lowest BCUT2D eigenvalue weighted by molar-refractivity contribution is -0.132. The molecule has 0 saturated heterocycles. The molecule has 0 radical (unpaired) electrons. The lowest BCUT2D eigenvalue weighted by Gasteiger charge is -2.37. The van der Waals surface area contributed by atoms with E-state index in [1.165, 1.54) is 6.26 Å². The third kappa shape index (κ3) is 5.11. The predicted molar refractivity (Wildman–Crippen MR) is 100 cm³/mol. The minimum atomic E-state index is -3.14. The quantitative estimate of drug-likeness (QED) is 0.802. The van der Waals surface area contributed by atoms with Crippen molar-refractivity contribution in [3.63, 3.8) is 0 Å². The molecule has 1 aliphatic rings. The van der Waals surface area contributed by atoms with Crippen LogP contribution in [0.25, 0.3) is 0 Å². The number of nitrogen functional groups attached to an aromatic ring is 1. The van der Waals surface area contributed by atoms with Crippen molar-refractivity contribution in [1.82, 2.24) is 4.90 Å². The van der Waals surface area contributed by atoms with Crippen LogP contribution in [0.1, 0.15) is 37.7 Å². The van der Waals surface area contributed by atoms with E-state index >= 15 is 0 Å². The summed E-state index contributed by atoms with van der Waals surface area (Å²) in [5.74, 6) is -0.0196. The first-order valence-electron chi connectivity index (χ1n) is 8.08. The number of para-hydroxylation sites is 1. The molecule has 2 atom stereocenters. The molecule has 136 valence electrons. The van der Waals surface area contributed by atoms with Crippen LogP contribution >= 0.6 is 12.4 Å². The second kappa shape index (κ2) is 8.72. The normalized spacial score (nSPS) is 20.9. The van der Waals surface area contributed by atoms with Crippen molar-refractivity contribution in [2.45, 2.75) is 49.8 Å². The minimum Gasteiger partial charge on any atom is -0.399 e. The average molecular weight is 375 g/mol. The number of sulfone groups is 1. The van der Waals surface area contributed by atoms with Crippen LogP contribution in [0.3, 0.4) is 0 Å². The number of hydrogen-bond donors (Lipinski definition) is 1. The molecular formula is C17H27ClN2O3S. The molecule has 1 aromatic carbocycles. The summed E-state index contributed by atoms with van der Waals surface area (Å²) in [6, 6.07) is 7.30. The maximum Gasteiger partial charge on any atom is 0.222 e. The smallest absolute Gasteiger partial charge is 0.222 e. The second-order valence-corrected chi connectivity index (χ2v) is 8.69. The monoisotopic (exact) mass is 374 g/mol. The van der Waals surface area contributed by atoms with Gasteiger partial charge in [-0.2, -0.15) is 0 Å². The summed E-state index contributed by atoms with van der Waals surface area (Å²) in [7, 11) is -1.41. The first kappa shape index (κ1) is 20.8. The topological polar surface area (TPSA) is 80.5 Å². The number of nitrogens with zero attached hydrogens (tertiary/aromatic N) is 1. The minimum absolute atomic E-state index is 0. The Morgan fingerprint density at radius 2 is 1.88 bits per heavy atom. The standard InChI is InChI=1S/C17H26N2O3S.ClH/c1-19(15-9-5-6-10-16(15)23(2,21)22)17(20)12-11-13-7-3-4-8-14(13)18;/h3-4,7-8,15-16H,5-6,9-12,18H2,1-2H3;1H. The van der Waals surface area contributed by atoms with Gasteiger partial charge in [-0.05, 0) is 30.9 Å². The molecule has 1 fully saturated rings. The van der Waals surface area contributed by atoms with Gasteiger partial charge in [-0.1, -0.05) is 31.0 Å². The van der Waals surface area contributed by atoms with Crippen molar-refractivity contribution in [3.05, 3.63) is 29.8 Å². The van der Waals surface area contributed by atoms with Crippen LogP contribution in [-0.2, 0) is 21.1 Å². The van der Waals surface area contributed by atoms with Gasteiger partial charge in [-0.3, -0.25) is 4.79 Å². The van der Waals surface area contributed by atoms with Gasteiger partial charge in [0.2, 0.25) is 5.91 Å². The van der Waals surface area contributed by atoms with E-state index < -0.39 is 15.1 Å². The summed E-state index contributed by atoms with van der Waals surface area (Å²) in [5.41, 5.74) is 7.55. The molecule has 0 bridgehead atoms. The predicted octanol–water partition coefficient (Wildman–Crippen LogP) is 2.44. The third-order valence-corrected chi connectivity index (χ3v) is 6.42. The largest absolute Gasteiger partial charge is 0.399 e. The maximum absolute atomic E-state index is 12.5. The van der Waals surface area contributed by atoms with Crippen molar-refractivity contribution in [2.75, 3.05) is 19.0 Å². The Morgan fingerprint density at radius 3 is 2.50 bits per heavy atom. The molecule has 7 heteroatoms. The van der Waals surface area contributed by atoms with Crippen molar-refractivity contribution >= 4 is 33.8 Å². The Labute approximate surface area is 150 Å². The highest BCUT2D eigenvalue weighted by Crippen LogP contribution is 2.28. The highest BCUT2D eigenvalue weighted by Gasteiger charge is 2.36. The fourth-order valence-corrected chi connectivity index (χ4v) is 4.87. The van der Waals surface area contributed by atoms with Crippen LogP contribution in [0.5, 0.6) is 0 Å². The fraction of sp³-hybridized carbons (Fsp3) is 0.588.